The lowest BCUT2D eigenvalue weighted by Crippen LogP contribution is -2.46. The van der Waals surface area contributed by atoms with Crippen molar-refractivity contribution in [3.63, 3.8) is 0 Å². The maximum absolute atomic E-state index is 12.3. The van der Waals surface area contributed by atoms with E-state index in [-0.39, 0.29) is 17.9 Å². The number of carbonyl (C=O) groups is 2. The molecule has 130 valence electrons. The first kappa shape index (κ1) is 16.8. The number of carbonyl (C=O) groups excluding carboxylic acids is 2. The van der Waals surface area contributed by atoms with Gasteiger partial charge in [-0.1, -0.05) is 12.1 Å². The van der Waals surface area contributed by atoms with E-state index < -0.39 is 0 Å². The average Bonchev–Trinajstić information content (AvgIpc) is 3.40. The average molecular weight is 329 g/mol. The van der Waals surface area contributed by atoms with Crippen LogP contribution in [0.3, 0.4) is 0 Å². The number of piperidine rings is 1. The lowest BCUT2D eigenvalue weighted by molar-refractivity contribution is -0.127. The molecule has 3 rings (SSSR count). The quantitative estimate of drug-likeness (QED) is 0.891. The summed E-state index contributed by atoms with van der Waals surface area (Å²) in [5.41, 5.74) is 1.94. The number of hydrogen-bond acceptors (Lipinski definition) is 2. The van der Waals surface area contributed by atoms with Gasteiger partial charge in [0.15, 0.2) is 0 Å². The van der Waals surface area contributed by atoms with E-state index in [0.717, 1.165) is 24.1 Å². The zero-order valence-corrected chi connectivity index (χ0v) is 14.5. The van der Waals surface area contributed by atoms with E-state index in [2.05, 4.69) is 17.6 Å². The summed E-state index contributed by atoms with van der Waals surface area (Å²) < 4.78 is 0. The molecule has 1 aromatic carbocycles. The Morgan fingerprint density at radius 2 is 1.88 bits per heavy atom. The highest BCUT2D eigenvalue weighted by Crippen LogP contribution is 2.32. The maximum atomic E-state index is 12.3. The summed E-state index contributed by atoms with van der Waals surface area (Å²) in [5, 5.41) is 6.08. The third-order valence-electron chi connectivity index (χ3n) is 5.12. The molecule has 1 aromatic rings. The Morgan fingerprint density at radius 3 is 2.50 bits per heavy atom. The summed E-state index contributed by atoms with van der Waals surface area (Å²) >= 11 is 0. The van der Waals surface area contributed by atoms with Crippen molar-refractivity contribution in [3.8, 4) is 0 Å². The van der Waals surface area contributed by atoms with Crippen LogP contribution < -0.4 is 10.6 Å². The van der Waals surface area contributed by atoms with Crippen LogP contribution in [0.2, 0.25) is 0 Å². The number of nitrogens with one attached hydrogen (secondary N) is 2. The van der Waals surface area contributed by atoms with Gasteiger partial charge in [0.25, 0.3) is 0 Å². The van der Waals surface area contributed by atoms with E-state index in [1.165, 1.54) is 12.8 Å². The number of aryl methyl sites for hydroxylation is 1. The minimum Gasteiger partial charge on any atom is -0.353 e. The highest BCUT2D eigenvalue weighted by atomic mass is 16.2. The van der Waals surface area contributed by atoms with Crippen molar-refractivity contribution in [2.45, 2.75) is 45.6 Å². The Hall–Kier alpha value is -2.04. The number of amides is 3. The Morgan fingerprint density at radius 1 is 1.17 bits per heavy atom. The highest BCUT2D eigenvalue weighted by molar-refractivity contribution is 5.89. The van der Waals surface area contributed by atoms with Gasteiger partial charge in [-0.05, 0) is 63.1 Å². The smallest absolute Gasteiger partial charge is 0.321 e. The second-order valence-corrected chi connectivity index (χ2v) is 7.20. The molecule has 1 saturated carbocycles. The summed E-state index contributed by atoms with van der Waals surface area (Å²) in [4.78, 5) is 26.5. The monoisotopic (exact) mass is 329 g/mol. The minimum atomic E-state index is -0.0780. The van der Waals surface area contributed by atoms with Crippen molar-refractivity contribution in [3.05, 3.63) is 29.8 Å². The molecule has 0 radical (unpaired) electrons. The Bertz CT molecular complexity index is 604. The fraction of sp³-hybridized carbons (Fsp3) is 0.579. The molecule has 5 heteroatoms. The standard InChI is InChI=1S/C19H27N3O2/c1-13-4-3-5-17(12-13)21-19(24)22-10-8-16(9-11-22)18(23)20-14(2)15-6-7-15/h3-5,12,14-16H,6-11H2,1-2H3,(H,20,23)(H,21,24)/t14-/m1/s1. The van der Waals surface area contributed by atoms with Gasteiger partial charge < -0.3 is 15.5 Å². The molecule has 2 N–H and O–H groups in total. The number of hydrogen-bond donors (Lipinski definition) is 2. The highest BCUT2D eigenvalue weighted by Gasteiger charge is 2.32. The molecule has 0 aromatic heterocycles. The Balaban J connectivity index is 1.45. The van der Waals surface area contributed by atoms with Crippen LogP contribution in [0.5, 0.6) is 0 Å². The van der Waals surface area contributed by atoms with Crippen LogP contribution in [0.1, 0.15) is 38.2 Å². The van der Waals surface area contributed by atoms with Gasteiger partial charge in [0.05, 0.1) is 0 Å². The van der Waals surface area contributed by atoms with Crippen LogP contribution in [0, 0.1) is 18.8 Å². The van der Waals surface area contributed by atoms with Crippen LogP contribution >= 0.6 is 0 Å². The van der Waals surface area contributed by atoms with E-state index in [9.17, 15) is 9.59 Å². The molecule has 1 saturated heterocycles. The maximum Gasteiger partial charge on any atom is 0.321 e. The molecule has 1 aliphatic heterocycles. The van der Waals surface area contributed by atoms with Gasteiger partial charge in [-0.25, -0.2) is 4.79 Å². The molecule has 3 amide bonds. The van der Waals surface area contributed by atoms with E-state index in [4.69, 9.17) is 0 Å². The van der Waals surface area contributed by atoms with E-state index in [1.807, 2.05) is 31.2 Å². The normalized spacial score (nSPS) is 19.7. The van der Waals surface area contributed by atoms with Crippen LogP contribution in [0.4, 0.5) is 10.5 Å². The Labute approximate surface area is 143 Å². The van der Waals surface area contributed by atoms with Crippen molar-refractivity contribution in [1.82, 2.24) is 10.2 Å². The molecule has 5 nitrogen and oxygen atoms in total. The second kappa shape index (κ2) is 7.24. The largest absolute Gasteiger partial charge is 0.353 e. The SMILES string of the molecule is Cc1cccc(NC(=O)N2CCC(C(=O)N[C@H](C)C3CC3)CC2)c1. The van der Waals surface area contributed by atoms with Gasteiger partial charge in [-0.3, -0.25) is 4.79 Å². The van der Waals surface area contributed by atoms with E-state index >= 15 is 0 Å². The summed E-state index contributed by atoms with van der Waals surface area (Å²) in [6, 6.07) is 8.00. The molecule has 1 aliphatic carbocycles. The van der Waals surface area contributed by atoms with Crippen LogP contribution in [0.25, 0.3) is 0 Å². The van der Waals surface area contributed by atoms with Gasteiger partial charge >= 0.3 is 6.03 Å². The number of likely N-dealkylation sites (tertiary alicyclic amines) is 1. The van der Waals surface area contributed by atoms with Gasteiger partial charge in [0.1, 0.15) is 0 Å². The van der Waals surface area contributed by atoms with E-state index in [1.54, 1.807) is 4.90 Å². The molecular weight excluding hydrogens is 302 g/mol. The molecule has 0 unspecified atom stereocenters. The lowest BCUT2D eigenvalue weighted by atomic mass is 9.95. The first-order valence-electron chi connectivity index (χ1n) is 8.96. The predicted octanol–water partition coefficient (Wildman–Crippen LogP) is 3.15. The van der Waals surface area contributed by atoms with Gasteiger partial charge in [0, 0.05) is 30.7 Å². The number of rotatable bonds is 4. The molecule has 1 atom stereocenters. The third kappa shape index (κ3) is 4.28. The van der Waals surface area contributed by atoms with Crippen LogP contribution in [-0.2, 0) is 4.79 Å². The number of nitrogens with zero attached hydrogens (tertiary/aromatic N) is 1. The summed E-state index contributed by atoms with van der Waals surface area (Å²) in [7, 11) is 0. The Kier molecular flexibility index (Phi) is 5.07. The van der Waals surface area contributed by atoms with Crippen LogP contribution in [0.15, 0.2) is 24.3 Å². The second-order valence-electron chi connectivity index (χ2n) is 7.20. The topological polar surface area (TPSA) is 61.4 Å². The summed E-state index contributed by atoms with van der Waals surface area (Å²) in [6.07, 6.45) is 3.95. The fourth-order valence-corrected chi connectivity index (χ4v) is 3.33. The van der Waals surface area contributed by atoms with Crippen molar-refractivity contribution in [2.75, 3.05) is 18.4 Å². The fourth-order valence-electron chi connectivity index (χ4n) is 3.33. The van der Waals surface area contributed by atoms with Gasteiger partial charge in [0.2, 0.25) is 5.91 Å². The molecule has 24 heavy (non-hydrogen) atoms. The zero-order valence-electron chi connectivity index (χ0n) is 14.5. The molecule has 2 fully saturated rings. The van der Waals surface area contributed by atoms with Crippen molar-refractivity contribution in [1.29, 1.82) is 0 Å². The third-order valence-corrected chi connectivity index (χ3v) is 5.12. The van der Waals surface area contributed by atoms with Crippen molar-refractivity contribution in [2.24, 2.45) is 11.8 Å². The molecule has 2 aliphatic rings. The number of urea groups is 1. The zero-order chi connectivity index (χ0) is 17.1. The summed E-state index contributed by atoms with van der Waals surface area (Å²) in [6.45, 7) is 5.36. The first-order valence-corrected chi connectivity index (χ1v) is 8.96. The first-order chi connectivity index (χ1) is 11.5. The molecule has 0 spiro atoms. The summed E-state index contributed by atoms with van der Waals surface area (Å²) in [5.74, 6) is 0.872. The molecule has 0 bridgehead atoms. The van der Waals surface area contributed by atoms with Crippen LogP contribution in [-0.4, -0.2) is 36.0 Å². The van der Waals surface area contributed by atoms with Gasteiger partial charge in [-0.2, -0.15) is 0 Å². The van der Waals surface area contributed by atoms with Crippen molar-refractivity contribution < 1.29 is 9.59 Å². The predicted molar refractivity (Wildman–Crippen MR) is 94.8 cm³/mol. The number of benzene rings is 1. The van der Waals surface area contributed by atoms with E-state index in [0.29, 0.717) is 25.0 Å². The molecule has 1 heterocycles. The minimum absolute atomic E-state index is 0.0363. The molecular formula is C19H27N3O2. The lowest BCUT2D eigenvalue weighted by Gasteiger charge is -2.32. The van der Waals surface area contributed by atoms with Gasteiger partial charge in [-0.15, -0.1) is 0 Å². The number of anilines is 1. The van der Waals surface area contributed by atoms with Crippen molar-refractivity contribution >= 4 is 17.6 Å².